The van der Waals surface area contributed by atoms with Gasteiger partial charge < -0.3 is 30.3 Å². The minimum atomic E-state index is -0.479. The van der Waals surface area contributed by atoms with Crippen molar-refractivity contribution >= 4 is 17.6 Å². The van der Waals surface area contributed by atoms with Crippen LogP contribution in [0.3, 0.4) is 0 Å². The number of benzene rings is 1. The Bertz CT molecular complexity index is 835. The smallest absolute Gasteiger partial charge is 0.319 e. The molecule has 1 aromatic carbocycles. The van der Waals surface area contributed by atoms with Crippen LogP contribution in [0.5, 0.6) is 0 Å². The zero-order valence-electron chi connectivity index (χ0n) is 17.2. The molecular formula is C21H28N4O5. The molecule has 1 fully saturated rings. The summed E-state index contributed by atoms with van der Waals surface area (Å²) in [7, 11) is 0. The highest BCUT2D eigenvalue weighted by Crippen LogP contribution is 2.22. The monoisotopic (exact) mass is 416 g/mol. The first kappa shape index (κ1) is 21.8. The van der Waals surface area contributed by atoms with Gasteiger partial charge in [0.1, 0.15) is 17.5 Å². The Labute approximate surface area is 175 Å². The minimum Gasteiger partial charge on any atom is -0.394 e. The van der Waals surface area contributed by atoms with Crippen LogP contribution in [0, 0.1) is 13.8 Å². The van der Waals surface area contributed by atoms with E-state index < -0.39 is 6.10 Å². The molecule has 3 amide bonds. The number of ether oxygens (including phenoxy) is 1. The number of nitrogens with zero attached hydrogens (tertiary/aromatic N) is 1. The second-order valence-electron chi connectivity index (χ2n) is 7.37. The molecule has 9 nitrogen and oxygen atoms in total. The molecular weight excluding hydrogens is 388 g/mol. The first-order chi connectivity index (χ1) is 14.5. The molecule has 2 aromatic rings. The average molecular weight is 416 g/mol. The van der Waals surface area contributed by atoms with Crippen molar-refractivity contribution in [3.8, 4) is 0 Å². The van der Waals surface area contributed by atoms with Crippen LogP contribution in [0.4, 0.5) is 10.5 Å². The molecule has 162 valence electrons. The fourth-order valence-electron chi connectivity index (χ4n) is 3.52. The van der Waals surface area contributed by atoms with Crippen LogP contribution in [0.25, 0.3) is 0 Å². The first-order valence-electron chi connectivity index (χ1n) is 10.1. The summed E-state index contributed by atoms with van der Waals surface area (Å²) in [5.41, 5.74) is 1.76. The van der Waals surface area contributed by atoms with E-state index in [0.29, 0.717) is 42.1 Å². The number of aromatic nitrogens is 1. The van der Waals surface area contributed by atoms with Gasteiger partial charge in [-0.05, 0) is 45.2 Å². The number of aliphatic hydroxyl groups excluding tert-OH is 1. The standard InChI is InChI=1S/C21H28N4O5/c1-13-19(14(2)30-25-13)24-21(28)22-11-10-16-8-9-17(18(12-26)29-16)23-20(27)15-6-4-3-5-7-15/h3-7,16-18,26H,8-12H2,1-2H3,(H,23,27)(H2,22,24,28)/t16-,17-,18+/m1/s1. The largest absolute Gasteiger partial charge is 0.394 e. The topological polar surface area (TPSA) is 126 Å². The van der Waals surface area contributed by atoms with Crippen molar-refractivity contribution in [2.24, 2.45) is 0 Å². The number of anilines is 1. The third kappa shape index (κ3) is 5.58. The van der Waals surface area contributed by atoms with Crippen molar-refractivity contribution in [3.05, 3.63) is 47.3 Å². The number of carbonyl (C=O) groups is 2. The lowest BCUT2D eigenvalue weighted by Gasteiger charge is -2.36. The first-order valence-corrected chi connectivity index (χ1v) is 10.1. The Morgan fingerprint density at radius 3 is 2.63 bits per heavy atom. The molecule has 1 aromatic heterocycles. The lowest BCUT2D eigenvalue weighted by Crippen LogP contribution is -2.51. The molecule has 30 heavy (non-hydrogen) atoms. The summed E-state index contributed by atoms with van der Waals surface area (Å²) in [6.45, 7) is 3.72. The summed E-state index contributed by atoms with van der Waals surface area (Å²) in [4.78, 5) is 24.4. The van der Waals surface area contributed by atoms with Crippen molar-refractivity contribution < 1.29 is 24.0 Å². The van der Waals surface area contributed by atoms with Gasteiger partial charge in [0.2, 0.25) is 0 Å². The summed E-state index contributed by atoms with van der Waals surface area (Å²) < 4.78 is 11.0. The molecule has 9 heteroatoms. The van der Waals surface area contributed by atoms with Crippen LogP contribution in [0.15, 0.2) is 34.9 Å². The molecule has 3 atom stereocenters. The van der Waals surface area contributed by atoms with E-state index in [2.05, 4.69) is 21.1 Å². The van der Waals surface area contributed by atoms with Gasteiger partial charge >= 0.3 is 6.03 Å². The molecule has 0 saturated carbocycles. The SMILES string of the molecule is Cc1noc(C)c1NC(=O)NCC[C@H]1CC[C@@H](NC(=O)c2ccccc2)[C@H](CO)O1. The van der Waals surface area contributed by atoms with Crippen LogP contribution >= 0.6 is 0 Å². The van der Waals surface area contributed by atoms with Crippen molar-refractivity contribution in [2.45, 2.75) is 51.4 Å². The molecule has 1 aliphatic heterocycles. The van der Waals surface area contributed by atoms with Crippen molar-refractivity contribution in [1.29, 1.82) is 0 Å². The van der Waals surface area contributed by atoms with Crippen LogP contribution in [0.2, 0.25) is 0 Å². The number of urea groups is 1. The van der Waals surface area contributed by atoms with Gasteiger partial charge in [-0.15, -0.1) is 0 Å². The maximum absolute atomic E-state index is 12.4. The molecule has 0 aliphatic carbocycles. The second-order valence-corrected chi connectivity index (χ2v) is 7.37. The van der Waals surface area contributed by atoms with Gasteiger partial charge in [0.15, 0.2) is 5.76 Å². The molecule has 0 spiro atoms. The lowest BCUT2D eigenvalue weighted by atomic mass is 9.96. The normalized spacial score (nSPS) is 21.1. The number of nitrogens with one attached hydrogen (secondary N) is 3. The van der Waals surface area contributed by atoms with E-state index in [1.165, 1.54) is 0 Å². The highest BCUT2D eigenvalue weighted by molar-refractivity contribution is 5.94. The van der Waals surface area contributed by atoms with E-state index in [4.69, 9.17) is 9.26 Å². The quantitative estimate of drug-likeness (QED) is 0.548. The van der Waals surface area contributed by atoms with Crippen LogP contribution in [-0.4, -0.2) is 53.6 Å². The van der Waals surface area contributed by atoms with Gasteiger partial charge in [-0.2, -0.15) is 0 Å². The van der Waals surface area contributed by atoms with Gasteiger partial charge in [-0.3, -0.25) is 4.79 Å². The number of hydrogen-bond acceptors (Lipinski definition) is 6. The molecule has 0 unspecified atom stereocenters. The summed E-state index contributed by atoms with van der Waals surface area (Å²) in [5, 5.41) is 22.0. The summed E-state index contributed by atoms with van der Waals surface area (Å²) in [6.07, 6.45) is 1.44. The van der Waals surface area contributed by atoms with E-state index in [0.717, 1.165) is 6.42 Å². The predicted octanol–water partition coefficient (Wildman–Crippen LogP) is 2.14. The Morgan fingerprint density at radius 2 is 1.97 bits per heavy atom. The molecule has 0 bridgehead atoms. The Morgan fingerprint density at radius 1 is 1.20 bits per heavy atom. The maximum atomic E-state index is 12.4. The highest BCUT2D eigenvalue weighted by atomic mass is 16.5. The predicted molar refractivity (Wildman–Crippen MR) is 110 cm³/mol. The van der Waals surface area contributed by atoms with Gasteiger partial charge in [-0.1, -0.05) is 23.4 Å². The number of carbonyl (C=O) groups excluding carboxylic acids is 2. The van der Waals surface area contributed by atoms with Gasteiger partial charge in [0.05, 0.1) is 18.8 Å². The molecule has 1 aliphatic rings. The Kier molecular flexibility index (Phi) is 7.42. The molecule has 2 heterocycles. The number of aryl methyl sites for hydroxylation is 2. The number of hydrogen-bond donors (Lipinski definition) is 4. The maximum Gasteiger partial charge on any atom is 0.319 e. The second kappa shape index (κ2) is 10.2. The van der Waals surface area contributed by atoms with Gasteiger partial charge in [-0.25, -0.2) is 4.79 Å². The van der Waals surface area contributed by atoms with Crippen LogP contribution in [0.1, 0.15) is 41.1 Å². The van der Waals surface area contributed by atoms with E-state index in [-0.39, 0.29) is 30.7 Å². The molecule has 4 N–H and O–H groups in total. The minimum absolute atomic E-state index is 0.105. The molecule has 1 saturated heterocycles. The number of rotatable bonds is 7. The van der Waals surface area contributed by atoms with Gasteiger partial charge in [0, 0.05) is 12.1 Å². The third-order valence-corrected chi connectivity index (χ3v) is 5.17. The highest BCUT2D eigenvalue weighted by Gasteiger charge is 2.32. The number of amides is 3. The Hall–Kier alpha value is -2.91. The zero-order chi connectivity index (χ0) is 21.5. The van der Waals surface area contributed by atoms with E-state index in [9.17, 15) is 14.7 Å². The Balaban J connectivity index is 1.42. The lowest BCUT2D eigenvalue weighted by molar-refractivity contribution is -0.0892. The number of aliphatic hydroxyl groups is 1. The van der Waals surface area contributed by atoms with Crippen molar-refractivity contribution in [2.75, 3.05) is 18.5 Å². The molecule has 3 rings (SSSR count). The van der Waals surface area contributed by atoms with Crippen molar-refractivity contribution in [1.82, 2.24) is 15.8 Å². The fourth-order valence-corrected chi connectivity index (χ4v) is 3.52. The average Bonchev–Trinajstić information content (AvgIpc) is 3.07. The molecule has 0 radical (unpaired) electrons. The van der Waals surface area contributed by atoms with Gasteiger partial charge in [0.25, 0.3) is 5.91 Å². The fraction of sp³-hybridized carbons (Fsp3) is 0.476. The third-order valence-electron chi connectivity index (χ3n) is 5.17. The summed E-state index contributed by atoms with van der Waals surface area (Å²) in [5.74, 6) is 0.367. The van der Waals surface area contributed by atoms with Crippen LogP contribution in [-0.2, 0) is 4.74 Å². The van der Waals surface area contributed by atoms with E-state index in [1.54, 1.807) is 38.1 Å². The van der Waals surface area contributed by atoms with E-state index in [1.807, 2.05) is 6.07 Å². The zero-order valence-corrected chi connectivity index (χ0v) is 17.2. The van der Waals surface area contributed by atoms with Crippen LogP contribution < -0.4 is 16.0 Å². The van der Waals surface area contributed by atoms with E-state index >= 15 is 0 Å². The summed E-state index contributed by atoms with van der Waals surface area (Å²) >= 11 is 0. The van der Waals surface area contributed by atoms with Crippen molar-refractivity contribution in [3.63, 3.8) is 0 Å². The summed E-state index contributed by atoms with van der Waals surface area (Å²) in [6, 6.07) is 8.36.